The van der Waals surface area contributed by atoms with E-state index in [9.17, 15) is 4.79 Å². The molecule has 1 N–H and O–H groups in total. The van der Waals surface area contributed by atoms with Gasteiger partial charge in [-0.15, -0.1) is 10.2 Å². The molecule has 3 aromatic rings. The normalized spacial score (nSPS) is 16.5. The van der Waals surface area contributed by atoms with Crippen LogP contribution in [-0.4, -0.2) is 57.8 Å². The first-order valence-corrected chi connectivity index (χ1v) is 12.7. The maximum atomic E-state index is 12.8. The average molecular weight is 467 g/mol. The summed E-state index contributed by atoms with van der Waals surface area (Å²) < 4.78 is 1.97. The van der Waals surface area contributed by atoms with Gasteiger partial charge in [0, 0.05) is 51.2 Å². The van der Waals surface area contributed by atoms with Gasteiger partial charge in [0.1, 0.15) is 0 Å². The highest BCUT2D eigenvalue weighted by molar-refractivity contribution is 7.17. The Morgan fingerprint density at radius 2 is 1.91 bits per heavy atom. The molecular formula is C25H34N6OS. The van der Waals surface area contributed by atoms with E-state index in [0.717, 1.165) is 49.2 Å². The van der Waals surface area contributed by atoms with Gasteiger partial charge in [-0.2, -0.15) is 0 Å². The number of carbonyl (C=O) groups excluding carboxylic acids is 1. The summed E-state index contributed by atoms with van der Waals surface area (Å²) in [6.45, 7) is 8.71. The molecule has 1 aliphatic rings. The predicted molar refractivity (Wildman–Crippen MR) is 134 cm³/mol. The average Bonchev–Trinajstić information content (AvgIpc) is 3.54. The first-order valence-electron chi connectivity index (χ1n) is 11.9. The lowest BCUT2D eigenvalue weighted by Gasteiger charge is -2.31. The van der Waals surface area contributed by atoms with Gasteiger partial charge in [0.2, 0.25) is 16.2 Å². The maximum Gasteiger partial charge on any atom is 0.224 e. The van der Waals surface area contributed by atoms with Crippen LogP contribution in [-0.2, 0) is 11.3 Å². The van der Waals surface area contributed by atoms with E-state index in [-0.39, 0.29) is 11.8 Å². The molecule has 1 amide bonds. The summed E-state index contributed by atoms with van der Waals surface area (Å²) >= 11 is 1.57. The number of benzene rings is 1. The van der Waals surface area contributed by atoms with Gasteiger partial charge in [-0.1, -0.05) is 41.7 Å². The number of aromatic nitrogens is 3. The molecule has 1 aliphatic heterocycles. The van der Waals surface area contributed by atoms with Gasteiger partial charge in [0.05, 0.1) is 5.92 Å². The molecule has 0 saturated carbocycles. The summed E-state index contributed by atoms with van der Waals surface area (Å²) in [4.78, 5) is 17.5. The van der Waals surface area contributed by atoms with Crippen molar-refractivity contribution in [2.45, 2.75) is 45.7 Å². The fourth-order valence-electron chi connectivity index (χ4n) is 4.24. The van der Waals surface area contributed by atoms with Crippen LogP contribution < -0.4 is 10.2 Å². The Bertz CT molecular complexity index is 988. The Hall–Kier alpha value is -2.71. The van der Waals surface area contributed by atoms with Crippen LogP contribution in [0.4, 0.5) is 5.13 Å². The fraction of sp³-hybridized carbons (Fsp3) is 0.480. The number of hydrogen-bond acceptors (Lipinski definition) is 6. The summed E-state index contributed by atoms with van der Waals surface area (Å²) in [6, 6.07) is 15.0. The third-order valence-electron chi connectivity index (χ3n) is 6.17. The molecule has 1 saturated heterocycles. The van der Waals surface area contributed by atoms with Crippen LogP contribution >= 0.6 is 11.3 Å². The predicted octanol–water partition coefficient (Wildman–Crippen LogP) is 3.96. The SMILES string of the molecule is CC(C)N(CCCNC(=O)C1CCCN(c2nnc(-n3cccc3)s2)C1)Cc1ccccc1. The van der Waals surface area contributed by atoms with Crippen molar-refractivity contribution >= 4 is 22.4 Å². The Morgan fingerprint density at radius 1 is 1.15 bits per heavy atom. The first kappa shape index (κ1) is 23.4. The molecule has 0 aliphatic carbocycles. The minimum Gasteiger partial charge on any atom is -0.356 e. The van der Waals surface area contributed by atoms with Crippen LogP contribution in [0.5, 0.6) is 0 Å². The van der Waals surface area contributed by atoms with Crippen LogP contribution in [0, 0.1) is 5.92 Å². The van der Waals surface area contributed by atoms with Crippen molar-refractivity contribution in [2.75, 3.05) is 31.1 Å². The molecule has 1 fully saturated rings. The van der Waals surface area contributed by atoms with Crippen molar-refractivity contribution < 1.29 is 4.79 Å². The molecule has 0 radical (unpaired) electrons. The molecule has 1 atom stereocenters. The minimum absolute atomic E-state index is 0.00296. The molecular weight excluding hydrogens is 432 g/mol. The Morgan fingerprint density at radius 3 is 2.67 bits per heavy atom. The van der Waals surface area contributed by atoms with Crippen LogP contribution in [0.25, 0.3) is 5.13 Å². The van der Waals surface area contributed by atoms with Crippen LogP contribution in [0.2, 0.25) is 0 Å². The quantitative estimate of drug-likeness (QED) is 0.458. The highest BCUT2D eigenvalue weighted by atomic mass is 32.1. The summed E-state index contributed by atoms with van der Waals surface area (Å²) in [5.41, 5.74) is 1.33. The van der Waals surface area contributed by atoms with Crippen LogP contribution in [0.3, 0.4) is 0 Å². The number of amides is 1. The van der Waals surface area contributed by atoms with Gasteiger partial charge in [0.15, 0.2) is 0 Å². The molecule has 0 bridgehead atoms. The van der Waals surface area contributed by atoms with E-state index >= 15 is 0 Å². The van der Waals surface area contributed by atoms with E-state index in [1.54, 1.807) is 11.3 Å². The monoisotopic (exact) mass is 466 g/mol. The van der Waals surface area contributed by atoms with Crippen molar-refractivity contribution in [1.29, 1.82) is 0 Å². The third-order valence-corrected chi connectivity index (χ3v) is 7.17. The number of hydrogen-bond donors (Lipinski definition) is 1. The summed E-state index contributed by atoms with van der Waals surface area (Å²) in [5, 5.41) is 13.6. The van der Waals surface area contributed by atoms with Gasteiger partial charge >= 0.3 is 0 Å². The van der Waals surface area contributed by atoms with E-state index in [0.29, 0.717) is 19.1 Å². The second-order valence-corrected chi connectivity index (χ2v) is 9.87. The van der Waals surface area contributed by atoms with E-state index in [1.165, 1.54) is 5.56 Å². The lowest BCUT2D eigenvalue weighted by atomic mass is 9.97. The molecule has 33 heavy (non-hydrogen) atoms. The van der Waals surface area contributed by atoms with E-state index < -0.39 is 0 Å². The molecule has 1 unspecified atom stereocenters. The lowest BCUT2D eigenvalue weighted by Crippen LogP contribution is -2.43. The van der Waals surface area contributed by atoms with Crippen molar-refractivity contribution in [3.63, 3.8) is 0 Å². The summed E-state index contributed by atoms with van der Waals surface area (Å²) in [6.07, 6.45) is 6.81. The maximum absolute atomic E-state index is 12.8. The van der Waals surface area contributed by atoms with Gasteiger partial charge < -0.3 is 10.2 Å². The second kappa shape index (κ2) is 11.4. The van der Waals surface area contributed by atoms with Crippen molar-refractivity contribution in [1.82, 2.24) is 25.0 Å². The highest BCUT2D eigenvalue weighted by Gasteiger charge is 2.27. The zero-order valence-corrected chi connectivity index (χ0v) is 20.4. The number of anilines is 1. The van der Waals surface area contributed by atoms with Crippen molar-refractivity contribution in [2.24, 2.45) is 5.92 Å². The topological polar surface area (TPSA) is 66.3 Å². The summed E-state index contributed by atoms with van der Waals surface area (Å²) in [5.74, 6) is 0.164. The van der Waals surface area contributed by atoms with E-state index in [1.807, 2.05) is 29.1 Å². The Balaban J connectivity index is 1.23. The van der Waals surface area contributed by atoms with Crippen molar-refractivity contribution in [3.8, 4) is 5.13 Å². The largest absolute Gasteiger partial charge is 0.356 e. The van der Waals surface area contributed by atoms with Crippen LogP contribution in [0.15, 0.2) is 54.9 Å². The number of nitrogens with zero attached hydrogens (tertiary/aromatic N) is 5. The van der Waals surface area contributed by atoms with E-state index in [4.69, 9.17) is 0 Å². The van der Waals surface area contributed by atoms with Gasteiger partial charge in [0.25, 0.3) is 0 Å². The molecule has 7 nitrogen and oxygen atoms in total. The number of rotatable bonds is 10. The first-order chi connectivity index (χ1) is 16.1. The van der Waals surface area contributed by atoms with Crippen LogP contribution in [0.1, 0.15) is 38.7 Å². The summed E-state index contributed by atoms with van der Waals surface area (Å²) in [7, 11) is 0. The number of piperidine rings is 1. The third kappa shape index (κ3) is 6.42. The molecule has 4 rings (SSSR count). The number of carbonyl (C=O) groups is 1. The lowest BCUT2D eigenvalue weighted by molar-refractivity contribution is -0.125. The number of nitrogens with one attached hydrogen (secondary N) is 1. The fourth-order valence-corrected chi connectivity index (χ4v) is 5.09. The zero-order chi connectivity index (χ0) is 23.0. The molecule has 2 aromatic heterocycles. The molecule has 3 heterocycles. The van der Waals surface area contributed by atoms with E-state index in [2.05, 4.69) is 69.5 Å². The Labute approximate surface area is 200 Å². The molecule has 176 valence electrons. The highest BCUT2D eigenvalue weighted by Crippen LogP contribution is 2.27. The molecule has 0 spiro atoms. The Kier molecular flexibility index (Phi) is 8.12. The second-order valence-electron chi connectivity index (χ2n) is 8.94. The van der Waals surface area contributed by atoms with Gasteiger partial charge in [-0.3, -0.25) is 14.3 Å². The standard InChI is InChI=1S/C25H34N6OS/c1-20(2)30(18-21-10-4-3-5-11-21)17-9-13-26-23(32)22-12-8-16-31(19-22)25-28-27-24(33-25)29-14-6-7-15-29/h3-7,10-11,14-15,20,22H,8-9,12-13,16-19H2,1-2H3,(H,26,32). The smallest absolute Gasteiger partial charge is 0.224 e. The minimum atomic E-state index is 0.00296. The molecule has 8 heteroatoms. The zero-order valence-electron chi connectivity index (χ0n) is 19.6. The van der Waals surface area contributed by atoms with Gasteiger partial charge in [-0.05, 0) is 50.8 Å². The van der Waals surface area contributed by atoms with Crippen molar-refractivity contribution in [3.05, 3.63) is 60.4 Å². The van der Waals surface area contributed by atoms with Gasteiger partial charge in [-0.25, -0.2) is 0 Å². The molecule has 1 aromatic carbocycles.